The van der Waals surface area contributed by atoms with E-state index in [1.54, 1.807) is 23.7 Å². The lowest BCUT2D eigenvalue weighted by Crippen LogP contribution is -2.23. The average molecular weight is 338 g/mol. The number of benzene rings is 1. The molecule has 0 saturated carbocycles. The van der Waals surface area contributed by atoms with Gasteiger partial charge in [-0.1, -0.05) is 0 Å². The minimum absolute atomic E-state index is 0.0984. The zero-order chi connectivity index (χ0) is 16.9. The third-order valence-electron chi connectivity index (χ3n) is 3.55. The van der Waals surface area contributed by atoms with Gasteiger partial charge in [0.25, 0.3) is 5.91 Å². The fourth-order valence-corrected chi connectivity index (χ4v) is 3.02. The molecule has 0 atom stereocenters. The Labute approximate surface area is 145 Å². The molecule has 0 aliphatic heterocycles. The molecule has 0 spiro atoms. The highest BCUT2D eigenvalue weighted by atomic mass is 32.1. The summed E-state index contributed by atoms with van der Waals surface area (Å²) < 4.78 is 0. The largest absolute Gasteiger partial charge is 0.378 e. The monoisotopic (exact) mass is 338 g/mol. The number of nitrogens with zero attached hydrogens (tertiary/aromatic N) is 3. The van der Waals surface area contributed by atoms with Gasteiger partial charge in [0.15, 0.2) is 0 Å². The molecular formula is C18H18N4OS. The van der Waals surface area contributed by atoms with Crippen LogP contribution in [0.3, 0.4) is 0 Å². The summed E-state index contributed by atoms with van der Waals surface area (Å²) in [6.45, 7) is 0.413. The highest BCUT2D eigenvalue weighted by Crippen LogP contribution is 2.22. The fourth-order valence-electron chi connectivity index (χ4n) is 2.20. The first-order valence-electron chi connectivity index (χ1n) is 7.54. The van der Waals surface area contributed by atoms with E-state index in [9.17, 15) is 4.79 Å². The third kappa shape index (κ3) is 3.78. The van der Waals surface area contributed by atoms with E-state index in [-0.39, 0.29) is 5.91 Å². The third-order valence-corrected chi connectivity index (χ3v) is 4.50. The van der Waals surface area contributed by atoms with Crippen LogP contribution in [0.1, 0.15) is 16.1 Å². The number of hydrogen-bond acceptors (Lipinski definition) is 5. The summed E-state index contributed by atoms with van der Waals surface area (Å²) >= 11 is 1.56. The van der Waals surface area contributed by atoms with Gasteiger partial charge in [-0.25, -0.2) is 4.98 Å². The minimum atomic E-state index is -0.0984. The van der Waals surface area contributed by atoms with Crippen molar-refractivity contribution < 1.29 is 4.79 Å². The van der Waals surface area contributed by atoms with Crippen molar-refractivity contribution in [1.29, 1.82) is 0 Å². The van der Waals surface area contributed by atoms with Gasteiger partial charge in [-0.15, -0.1) is 11.3 Å². The van der Waals surface area contributed by atoms with Crippen LogP contribution in [0.2, 0.25) is 0 Å². The number of nitrogens with one attached hydrogen (secondary N) is 1. The second kappa shape index (κ2) is 7.23. The van der Waals surface area contributed by atoms with E-state index in [0.29, 0.717) is 12.1 Å². The summed E-state index contributed by atoms with van der Waals surface area (Å²) in [5.74, 6) is -0.0984. The van der Waals surface area contributed by atoms with E-state index in [2.05, 4.69) is 15.3 Å². The molecule has 5 nitrogen and oxygen atoms in total. The average Bonchev–Trinajstić information content (AvgIpc) is 3.09. The van der Waals surface area contributed by atoms with Crippen molar-refractivity contribution in [3.05, 3.63) is 65.4 Å². The first-order chi connectivity index (χ1) is 11.6. The summed E-state index contributed by atoms with van der Waals surface area (Å²) in [5, 5.41) is 5.80. The van der Waals surface area contributed by atoms with E-state index in [1.807, 2.05) is 60.8 Å². The highest BCUT2D eigenvalue weighted by Gasteiger charge is 2.08. The Bertz CT molecular complexity index is 813. The summed E-state index contributed by atoms with van der Waals surface area (Å²) in [6, 6.07) is 11.4. The first-order valence-corrected chi connectivity index (χ1v) is 8.42. The zero-order valence-electron chi connectivity index (χ0n) is 13.6. The van der Waals surface area contributed by atoms with Gasteiger partial charge in [-0.3, -0.25) is 9.78 Å². The quantitative estimate of drug-likeness (QED) is 0.776. The van der Waals surface area contributed by atoms with E-state index in [0.717, 1.165) is 22.0 Å². The molecule has 24 heavy (non-hydrogen) atoms. The van der Waals surface area contributed by atoms with Crippen LogP contribution in [0, 0.1) is 0 Å². The zero-order valence-corrected chi connectivity index (χ0v) is 14.4. The Kier molecular flexibility index (Phi) is 4.86. The number of carbonyl (C=O) groups is 1. The van der Waals surface area contributed by atoms with Crippen LogP contribution in [0.4, 0.5) is 5.69 Å². The van der Waals surface area contributed by atoms with Gasteiger partial charge in [0.05, 0.1) is 12.2 Å². The van der Waals surface area contributed by atoms with Gasteiger partial charge < -0.3 is 10.2 Å². The van der Waals surface area contributed by atoms with Gasteiger partial charge in [-0.2, -0.15) is 0 Å². The van der Waals surface area contributed by atoms with Gasteiger partial charge in [0.1, 0.15) is 5.01 Å². The van der Waals surface area contributed by atoms with E-state index in [4.69, 9.17) is 0 Å². The second-order valence-electron chi connectivity index (χ2n) is 5.50. The van der Waals surface area contributed by atoms with Crippen molar-refractivity contribution >= 4 is 22.9 Å². The maximum Gasteiger partial charge on any atom is 0.251 e. The molecule has 1 aromatic carbocycles. The number of pyridine rings is 1. The van der Waals surface area contributed by atoms with Crippen LogP contribution in [0.5, 0.6) is 0 Å². The Hall–Kier alpha value is -2.73. The Balaban J connectivity index is 1.61. The first kappa shape index (κ1) is 16.1. The standard InChI is InChI=1S/C18H18N4OS/c1-22(2)16-5-3-13(4-6-16)17(23)20-11-15-12-24-18(21-15)14-7-9-19-10-8-14/h3-10,12H,11H2,1-2H3,(H,20,23). The van der Waals surface area contributed by atoms with Crippen molar-refractivity contribution in [3.8, 4) is 10.6 Å². The Morgan fingerprint density at radius 2 is 1.83 bits per heavy atom. The molecule has 2 aromatic heterocycles. The molecule has 1 N–H and O–H groups in total. The van der Waals surface area contributed by atoms with Crippen molar-refractivity contribution in [2.45, 2.75) is 6.54 Å². The lowest BCUT2D eigenvalue weighted by molar-refractivity contribution is 0.0950. The van der Waals surface area contributed by atoms with Crippen molar-refractivity contribution in [3.63, 3.8) is 0 Å². The number of anilines is 1. The minimum Gasteiger partial charge on any atom is -0.378 e. The molecule has 6 heteroatoms. The number of thiazole rings is 1. The summed E-state index contributed by atoms with van der Waals surface area (Å²) in [7, 11) is 3.94. The van der Waals surface area contributed by atoms with Gasteiger partial charge in [0, 0.05) is 48.7 Å². The number of hydrogen-bond donors (Lipinski definition) is 1. The van der Waals surface area contributed by atoms with Crippen molar-refractivity contribution in [1.82, 2.24) is 15.3 Å². The topological polar surface area (TPSA) is 58.1 Å². The predicted octanol–water partition coefficient (Wildman–Crippen LogP) is 3.20. The molecule has 0 saturated heterocycles. The van der Waals surface area contributed by atoms with Crippen LogP contribution in [0.15, 0.2) is 54.2 Å². The fraction of sp³-hybridized carbons (Fsp3) is 0.167. The molecule has 3 aromatic rings. The molecule has 3 rings (SSSR count). The Morgan fingerprint density at radius 1 is 1.12 bits per heavy atom. The molecule has 0 bridgehead atoms. The molecule has 0 aliphatic carbocycles. The van der Waals surface area contributed by atoms with Gasteiger partial charge >= 0.3 is 0 Å². The lowest BCUT2D eigenvalue weighted by Gasteiger charge is -2.12. The summed E-state index contributed by atoms with van der Waals surface area (Å²) in [5.41, 5.74) is 3.59. The maximum atomic E-state index is 12.2. The van der Waals surface area contributed by atoms with Crippen LogP contribution < -0.4 is 10.2 Å². The van der Waals surface area contributed by atoms with Crippen LogP contribution in [-0.4, -0.2) is 30.0 Å². The summed E-state index contributed by atoms with van der Waals surface area (Å²) in [6.07, 6.45) is 3.49. The number of carbonyl (C=O) groups excluding carboxylic acids is 1. The smallest absolute Gasteiger partial charge is 0.251 e. The molecule has 0 radical (unpaired) electrons. The maximum absolute atomic E-state index is 12.2. The summed E-state index contributed by atoms with van der Waals surface area (Å²) in [4.78, 5) is 22.8. The van der Waals surface area contributed by atoms with Crippen LogP contribution in [0.25, 0.3) is 10.6 Å². The van der Waals surface area contributed by atoms with Crippen LogP contribution >= 0.6 is 11.3 Å². The van der Waals surface area contributed by atoms with Gasteiger partial charge in [0.2, 0.25) is 0 Å². The lowest BCUT2D eigenvalue weighted by atomic mass is 10.2. The van der Waals surface area contributed by atoms with Crippen molar-refractivity contribution in [2.75, 3.05) is 19.0 Å². The van der Waals surface area contributed by atoms with E-state index < -0.39 is 0 Å². The normalized spacial score (nSPS) is 10.4. The molecule has 0 fully saturated rings. The molecule has 0 unspecified atom stereocenters. The number of amides is 1. The van der Waals surface area contributed by atoms with Crippen LogP contribution in [-0.2, 0) is 6.54 Å². The van der Waals surface area contributed by atoms with E-state index in [1.165, 1.54) is 0 Å². The molecule has 122 valence electrons. The molecule has 2 heterocycles. The predicted molar refractivity (Wildman–Crippen MR) is 97.3 cm³/mol. The molecular weight excluding hydrogens is 320 g/mol. The van der Waals surface area contributed by atoms with Crippen molar-refractivity contribution in [2.24, 2.45) is 0 Å². The Morgan fingerprint density at radius 3 is 2.50 bits per heavy atom. The molecule has 1 amide bonds. The number of rotatable bonds is 5. The highest BCUT2D eigenvalue weighted by molar-refractivity contribution is 7.13. The molecule has 0 aliphatic rings. The number of aromatic nitrogens is 2. The second-order valence-corrected chi connectivity index (χ2v) is 6.36. The van der Waals surface area contributed by atoms with Gasteiger partial charge in [-0.05, 0) is 36.4 Å². The SMILES string of the molecule is CN(C)c1ccc(C(=O)NCc2csc(-c3ccncc3)n2)cc1. The van der Waals surface area contributed by atoms with E-state index >= 15 is 0 Å².